The number of hydrogen-bond donors (Lipinski definition) is 2. The third kappa shape index (κ3) is 4.30. The van der Waals surface area contributed by atoms with Crippen molar-refractivity contribution in [3.8, 4) is 0 Å². The van der Waals surface area contributed by atoms with Gasteiger partial charge in [0.1, 0.15) is 0 Å². The molecule has 21 heavy (non-hydrogen) atoms. The lowest BCUT2D eigenvalue weighted by atomic mass is 10.2. The van der Waals surface area contributed by atoms with Crippen molar-refractivity contribution in [1.29, 1.82) is 0 Å². The van der Waals surface area contributed by atoms with E-state index in [-0.39, 0.29) is 24.3 Å². The Morgan fingerprint density at radius 3 is 2.29 bits per heavy atom. The molecule has 112 valence electrons. The maximum Gasteiger partial charge on any atom is 0.251 e. The summed E-state index contributed by atoms with van der Waals surface area (Å²) in [5, 5.41) is 5.25. The van der Waals surface area contributed by atoms with Crippen molar-refractivity contribution in [3.63, 3.8) is 0 Å². The van der Waals surface area contributed by atoms with Gasteiger partial charge in [0.05, 0.1) is 6.54 Å². The SMILES string of the molecule is CC(=O)Nc1ccc(C(=O)NCC(=O)N2CCCC2)cc1. The molecule has 1 aliphatic heterocycles. The Kier molecular flexibility index (Phi) is 4.92. The number of anilines is 1. The van der Waals surface area contributed by atoms with Gasteiger partial charge in [0.25, 0.3) is 5.91 Å². The van der Waals surface area contributed by atoms with Crippen LogP contribution in [0.2, 0.25) is 0 Å². The molecule has 6 heteroatoms. The lowest BCUT2D eigenvalue weighted by Gasteiger charge is -2.15. The van der Waals surface area contributed by atoms with Crippen LogP contribution in [0.4, 0.5) is 5.69 Å². The Balaban J connectivity index is 1.85. The first-order chi connectivity index (χ1) is 10.1. The third-order valence-electron chi connectivity index (χ3n) is 3.33. The third-order valence-corrected chi connectivity index (χ3v) is 3.33. The lowest BCUT2D eigenvalue weighted by molar-refractivity contribution is -0.129. The average molecular weight is 289 g/mol. The highest BCUT2D eigenvalue weighted by Crippen LogP contribution is 2.10. The van der Waals surface area contributed by atoms with Crippen LogP contribution in [-0.2, 0) is 9.59 Å². The van der Waals surface area contributed by atoms with E-state index in [2.05, 4.69) is 10.6 Å². The number of rotatable bonds is 4. The molecule has 0 bridgehead atoms. The lowest BCUT2D eigenvalue weighted by Crippen LogP contribution is -2.38. The fraction of sp³-hybridized carbons (Fsp3) is 0.400. The highest BCUT2D eigenvalue weighted by Gasteiger charge is 2.18. The van der Waals surface area contributed by atoms with Gasteiger partial charge in [-0.15, -0.1) is 0 Å². The van der Waals surface area contributed by atoms with Crippen molar-refractivity contribution >= 4 is 23.4 Å². The second kappa shape index (κ2) is 6.88. The van der Waals surface area contributed by atoms with E-state index < -0.39 is 0 Å². The standard InChI is InChI=1S/C15H19N3O3/c1-11(19)17-13-6-4-12(5-7-13)15(21)16-10-14(20)18-8-2-3-9-18/h4-7H,2-3,8-10H2,1H3,(H,16,21)(H,17,19). The monoisotopic (exact) mass is 289 g/mol. The maximum absolute atomic E-state index is 11.9. The van der Waals surface area contributed by atoms with Crippen molar-refractivity contribution < 1.29 is 14.4 Å². The number of likely N-dealkylation sites (tertiary alicyclic amines) is 1. The van der Waals surface area contributed by atoms with Crippen molar-refractivity contribution in [1.82, 2.24) is 10.2 Å². The van der Waals surface area contributed by atoms with Crippen LogP contribution in [0.3, 0.4) is 0 Å². The van der Waals surface area contributed by atoms with Gasteiger partial charge in [-0.2, -0.15) is 0 Å². The molecule has 2 N–H and O–H groups in total. The molecule has 0 aromatic heterocycles. The van der Waals surface area contributed by atoms with Crippen LogP contribution in [0.25, 0.3) is 0 Å². The summed E-state index contributed by atoms with van der Waals surface area (Å²) in [7, 11) is 0. The molecular weight excluding hydrogens is 270 g/mol. The van der Waals surface area contributed by atoms with Crippen molar-refractivity contribution in [2.45, 2.75) is 19.8 Å². The second-order valence-corrected chi connectivity index (χ2v) is 5.03. The van der Waals surface area contributed by atoms with Gasteiger partial charge >= 0.3 is 0 Å². The van der Waals surface area contributed by atoms with Crippen molar-refractivity contribution in [3.05, 3.63) is 29.8 Å². The second-order valence-electron chi connectivity index (χ2n) is 5.03. The van der Waals surface area contributed by atoms with Crippen LogP contribution in [-0.4, -0.2) is 42.3 Å². The Hall–Kier alpha value is -2.37. The smallest absolute Gasteiger partial charge is 0.251 e. The summed E-state index contributed by atoms with van der Waals surface area (Å²) in [6, 6.07) is 6.53. The zero-order valence-corrected chi connectivity index (χ0v) is 12.0. The van der Waals surface area contributed by atoms with Gasteiger partial charge in [-0.3, -0.25) is 14.4 Å². The van der Waals surface area contributed by atoms with Crippen molar-refractivity contribution in [2.24, 2.45) is 0 Å². The molecule has 1 fully saturated rings. The number of carbonyl (C=O) groups is 3. The first kappa shape index (κ1) is 15.0. The van der Waals surface area contributed by atoms with Gasteiger partial charge in [-0.1, -0.05) is 0 Å². The Labute approximate surface area is 123 Å². The summed E-state index contributed by atoms with van der Waals surface area (Å²) < 4.78 is 0. The summed E-state index contributed by atoms with van der Waals surface area (Å²) in [6.45, 7) is 3.00. The summed E-state index contributed by atoms with van der Waals surface area (Å²) in [5.41, 5.74) is 1.09. The van der Waals surface area contributed by atoms with Gasteiger partial charge in [-0.25, -0.2) is 0 Å². The van der Waals surface area contributed by atoms with Crippen LogP contribution in [0.1, 0.15) is 30.1 Å². The molecule has 0 atom stereocenters. The highest BCUT2D eigenvalue weighted by molar-refractivity contribution is 5.97. The summed E-state index contributed by atoms with van der Waals surface area (Å²) in [4.78, 5) is 36.4. The van der Waals surface area contributed by atoms with E-state index in [0.717, 1.165) is 25.9 Å². The predicted molar refractivity (Wildman–Crippen MR) is 78.9 cm³/mol. The first-order valence-corrected chi connectivity index (χ1v) is 7.00. The Morgan fingerprint density at radius 1 is 1.10 bits per heavy atom. The molecule has 1 aromatic rings. The highest BCUT2D eigenvalue weighted by atomic mass is 16.2. The number of nitrogens with zero attached hydrogens (tertiary/aromatic N) is 1. The molecule has 2 rings (SSSR count). The van der Waals surface area contributed by atoms with E-state index in [1.165, 1.54) is 6.92 Å². The summed E-state index contributed by atoms with van der Waals surface area (Å²) >= 11 is 0. The number of carbonyl (C=O) groups excluding carboxylic acids is 3. The molecule has 6 nitrogen and oxygen atoms in total. The van der Waals surface area contributed by atoms with E-state index >= 15 is 0 Å². The molecule has 0 saturated carbocycles. The molecule has 0 radical (unpaired) electrons. The zero-order chi connectivity index (χ0) is 15.2. The van der Waals surface area contributed by atoms with Crippen LogP contribution < -0.4 is 10.6 Å². The van der Waals surface area contributed by atoms with E-state index in [9.17, 15) is 14.4 Å². The number of amides is 3. The maximum atomic E-state index is 11.9. The van der Waals surface area contributed by atoms with E-state index in [0.29, 0.717) is 11.3 Å². The minimum absolute atomic E-state index is 0.0201. The zero-order valence-electron chi connectivity index (χ0n) is 12.0. The quantitative estimate of drug-likeness (QED) is 0.868. The number of hydrogen-bond acceptors (Lipinski definition) is 3. The van der Waals surface area contributed by atoms with Crippen LogP contribution in [0.5, 0.6) is 0 Å². The Morgan fingerprint density at radius 2 is 1.71 bits per heavy atom. The van der Waals surface area contributed by atoms with Crippen molar-refractivity contribution in [2.75, 3.05) is 25.0 Å². The summed E-state index contributed by atoms with van der Waals surface area (Å²) in [6.07, 6.45) is 2.06. The molecule has 0 unspecified atom stereocenters. The molecule has 3 amide bonds. The Bertz CT molecular complexity index is 534. The molecular formula is C15H19N3O3. The molecule has 1 aromatic carbocycles. The minimum atomic E-state index is -0.295. The molecule has 1 aliphatic rings. The molecule has 1 heterocycles. The van der Waals surface area contributed by atoms with E-state index in [4.69, 9.17) is 0 Å². The van der Waals surface area contributed by atoms with E-state index in [1.54, 1.807) is 29.2 Å². The van der Waals surface area contributed by atoms with Gasteiger partial charge in [0, 0.05) is 31.3 Å². The number of nitrogens with one attached hydrogen (secondary N) is 2. The predicted octanol–water partition coefficient (Wildman–Crippen LogP) is 0.997. The van der Waals surface area contributed by atoms with Crippen LogP contribution in [0.15, 0.2) is 24.3 Å². The van der Waals surface area contributed by atoms with Gasteiger partial charge < -0.3 is 15.5 Å². The fourth-order valence-electron chi connectivity index (χ4n) is 2.24. The number of benzene rings is 1. The van der Waals surface area contributed by atoms with Crippen LogP contribution in [0, 0.1) is 0 Å². The van der Waals surface area contributed by atoms with Gasteiger partial charge in [0.15, 0.2) is 0 Å². The van der Waals surface area contributed by atoms with Gasteiger partial charge in [-0.05, 0) is 37.1 Å². The first-order valence-electron chi connectivity index (χ1n) is 7.00. The average Bonchev–Trinajstić information content (AvgIpc) is 2.99. The topological polar surface area (TPSA) is 78.5 Å². The normalized spacial score (nSPS) is 13.9. The summed E-state index contributed by atoms with van der Waals surface area (Å²) in [5.74, 6) is -0.504. The van der Waals surface area contributed by atoms with Crippen LogP contribution >= 0.6 is 0 Å². The van der Waals surface area contributed by atoms with Gasteiger partial charge in [0.2, 0.25) is 11.8 Å². The molecule has 0 spiro atoms. The molecule has 0 aliphatic carbocycles. The van der Waals surface area contributed by atoms with E-state index in [1.807, 2.05) is 0 Å². The largest absolute Gasteiger partial charge is 0.343 e. The fourth-order valence-corrected chi connectivity index (χ4v) is 2.24. The molecule has 1 saturated heterocycles. The minimum Gasteiger partial charge on any atom is -0.343 e.